The third-order valence-electron chi connectivity index (χ3n) is 4.73. The minimum absolute atomic E-state index is 0.0196. The predicted octanol–water partition coefficient (Wildman–Crippen LogP) is 4.98. The van der Waals surface area contributed by atoms with Crippen molar-refractivity contribution in [3.8, 4) is 0 Å². The van der Waals surface area contributed by atoms with E-state index in [0.29, 0.717) is 16.4 Å². The number of carbonyl (C=O) groups excluding carboxylic acids is 1. The van der Waals surface area contributed by atoms with Gasteiger partial charge in [-0.25, -0.2) is 4.99 Å². The van der Waals surface area contributed by atoms with Crippen LogP contribution in [0.5, 0.6) is 0 Å². The number of amidine groups is 1. The van der Waals surface area contributed by atoms with Gasteiger partial charge in [-0.1, -0.05) is 60.1 Å². The molecule has 0 radical (unpaired) electrons. The molecule has 0 aromatic heterocycles. The van der Waals surface area contributed by atoms with Crippen LogP contribution in [0.2, 0.25) is 5.02 Å². The zero-order chi connectivity index (χ0) is 17.0. The van der Waals surface area contributed by atoms with Crippen LogP contribution in [-0.2, 0) is 0 Å². The van der Waals surface area contributed by atoms with Crippen LogP contribution in [-0.4, -0.2) is 16.6 Å². The maximum atomic E-state index is 13.1. The van der Waals surface area contributed by atoms with E-state index in [9.17, 15) is 4.79 Å². The van der Waals surface area contributed by atoms with Gasteiger partial charge >= 0.3 is 0 Å². The van der Waals surface area contributed by atoms with E-state index in [0.717, 1.165) is 22.4 Å². The van der Waals surface area contributed by atoms with Crippen molar-refractivity contribution in [2.45, 2.75) is 6.04 Å². The summed E-state index contributed by atoms with van der Waals surface area (Å²) < 4.78 is 0. The normalized spacial score (nSPS) is 17.6. The largest absolute Gasteiger partial charge is 0.280 e. The van der Waals surface area contributed by atoms with Gasteiger partial charge in [0.05, 0.1) is 17.3 Å². The Morgan fingerprint density at radius 1 is 0.880 bits per heavy atom. The molecule has 1 atom stereocenters. The van der Waals surface area contributed by atoms with Crippen molar-refractivity contribution in [2.24, 2.45) is 4.99 Å². The fourth-order valence-electron chi connectivity index (χ4n) is 3.64. The van der Waals surface area contributed by atoms with Gasteiger partial charge in [0.25, 0.3) is 5.91 Å². The van der Waals surface area contributed by atoms with E-state index in [1.807, 2.05) is 72.8 Å². The molecule has 0 fully saturated rings. The summed E-state index contributed by atoms with van der Waals surface area (Å²) in [4.78, 5) is 19.7. The number of amides is 1. The van der Waals surface area contributed by atoms with Crippen molar-refractivity contribution in [3.63, 3.8) is 0 Å². The summed E-state index contributed by atoms with van der Waals surface area (Å²) in [5.74, 6) is 0.693. The van der Waals surface area contributed by atoms with Gasteiger partial charge in [-0.2, -0.15) is 0 Å². The van der Waals surface area contributed by atoms with Crippen molar-refractivity contribution in [3.05, 3.63) is 100 Å². The van der Waals surface area contributed by atoms with Gasteiger partial charge in [-0.15, -0.1) is 0 Å². The Morgan fingerprint density at radius 2 is 1.60 bits per heavy atom. The summed E-state index contributed by atoms with van der Waals surface area (Å²) in [6, 6.07) is 23.1. The number of fused-ring (bicyclic) bond motifs is 4. The number of halogens is 1. The minimum atomic E-state index is -0.234. The molecule has 0 N–H and O–H groups in total. The van der Waals surface area contributed by atoms with Crippen LogP contribution in [0, 0.1) is 0 Å². The van der Waals surface area contributed by atoms with Crippen molar-refractivity contribution in [2.75, 3.05) is 0 Å². The van der Waals surface area contributed by atoms with Gasteiger partial charge in [0.2, 0.25) is 0 Å². The number of benzene rings is 3. The summed E-state index contributed by atoms with van der Waals surface area (Å²) in [5, 5.41) is 0.641. The zero-order valence-corrected chi connectivity index (χ0v) is 13.9. The highest BCUT2D eigenvalue weighted by atomic mass is 35.5. The second-order valence-electron chi connectivity index (χ2n) is 6.17. The summed E-state index contributed by atoms with van der Waals surface area (Å²) in [6.45, 7) is 0. The molecule has 25 heavy (non-hydrogen) atoms. The summed E-state index contributed by atoms with van der Waals surface area (Å²) in [7, 11) is 0. The fraction of sp³-hybridized carbons (Fsp3) is 0.0476. The molecule has 3 nitrogen and oxygen atoms in total. The first-order chi connectivity index (χ1) is 12.2. The van der Waals surface area contributed by atoms with Crippen LogP contribution >= 0.6 is 11.6 Å². The highest BCUT2D eigenvalue weighted by Gasteiger charge is 2.42. The molecular weight excluding hydrogens is 332 g/mol. The number of nitrogens with zero attached hydrogens (tertiary/aromatic N) is 2. The lowest BCUT2D eigenvalue weighted by molar-refractivity contribution is 0.0831. The highest BCUT2D eigenvalue weighted by molar-refractivity contribution is 6.31. The first-order valence-corrected chi connectivity index (χ1v) is 8.48. The molecule has 2 heterocycles. The SMILES string of the molecule is O=C1c2ccccc2C2=Nc3ccc(Cl)cc3C(c3ccccc3)N12. The molecule has 1 amide bonds. The number of carbonyl (C=O) groups is 1. The topological polar surface area (TPSA) is 32.7 Å². The molecule has 0 spiro atoms. The third-order valence-corrected chi connectivity index (χ3v) is 4.96. The molecule has 0 saturated heterocycles. The molecule has 3 aromatic carbocycles. The van der Waals surface area contributed by atoms with Crippen LogP contribution in [0.25, 0.3) is 0 Å². The lowest BCUT2D eigenvalue weighted by atomic mass is 9.94. The second kappa shape index (κ2) is 5.30. The zero-order valence-electron chi connectivity index (χ0n) is 13.2. The van der Waals surface area contributed by atoms with Gasteiger partial charge < -0.3 is 0 Å². The smallest absolute Gasteiger partial charge is 0.261 e. The Kier molecular flexibility index (Phi) is 3.06. The van der Waals surface area contributed by atoms with Crippen molar-refractivity contribution >= 4 is 29.0 Å². The molecule has 120 valence electrons. The van der Waals surface area contributed by atoms with Crippen LogP contribution in [0.4, 0.5) is 5.69 Å². The van der Waals surface area contributed by atoms with E-state index in [-0.39, 0.29) is 11.9 Å². The van der Waals surface area contributed by atoms with Gasteiger partial charge in [0.1, 0.15) is 5.84 Å². The van der Waals surface area contributed by atoms with Crippen molar-refractivity contribution in [1.29, 1.82) is 0 Å². The maximum absolute atomic E-state index is 13.1. The molecular formula is C21H13ClN2O. The number of hydrogen-bond acceptors (Lipinski definition) is 2. The summed E-state index contributed by atoms with van der Waals surface area (Å²) in [6.07, 6.45) is 0. The monoisotopic (exact) mass is 344 g/mol. The Hall–Kier alpha value is -2.91. The standard InChI is InChI=1S/C21H13ClN2O/c22-14-10-11-18-17(12-14)19(13-6-2-1-3-7-13)24-20(23-18)15-8-4-5-9-16(15)21(24)25/h1-12,19H. The van der Waals surface area contributed by atoms with Gasteiger partial charge in [0.15, 0.2) is 0 Å². The van der Waals surface area contributed by atoms with Gasteiger partial charge in [-0.3, -0.25) is 9.69 Å². The Balaban J connectivity index is 1.81. The number of aliphatic imine (C=N–C) groups is 1. The average molecular weight is 345 g/mol. The van der Waals surface area contributed by atoms with E-state index < -0.39 is 0 Å². The lowest BCUT2D eigenvalue weighted by Gasteiger charge is -2.33. The van der Waals surface area contributed by atoms with Crippen molar-refractivity contribution < 1.29 is 4.79 Å². The van der Waals surface area contributed by atoms with E-state index in [4.69, 9.17) is 16.6 Å². The minimum Gasteiger partial charge on any atom is -0.280 e. The Bertz CT molecular complexity index is 1040. The van der Waals surface area contributed by atoms with E-state index in [2.05, 4.69) is 0 Å². The molecule has 0 bridgehead atoms. The lowest BCUT2D eigenvalue weighted by Crippen LogP contribution is -2.37. The Morgan fingerprint density at radius 3 is 2.40 bits per heavy atom. The van der Waals surface area contributed by atoms with E-state index >= 15 is 0 Å². The summed E-state index contributed by atoms with van der Waals surface area (Å²) >= 11 is 6.25. The van der Waals surface area contributed by atoms with E-state index in [1.54, 1.807) is 4.90 Å². The number of hydrogen-bond donors (Lipinski definition) is 0. The first-order valence-electron chi connectivity index (χ1n) is 8.10. The number of rotatable bonds is 1. The van der Waals surface area contributed by atoms with Crippen LogP contribution < -0.4 is 0 Å². The molecule has 3 aromatic rings. The molecule has 0 saturated carbocycles. The third kappa shape index (κ3) is 2.06. The molecule has 0 aliphatic carbocycles. The fourth-order valence-corrected chi connectivity index (χ4v) is 3.82. The predicted molar refractivity (Wildman–Crippen MR) is 98.5 cm³/mol. The second-order valence-corrected chi connectivity index (χ2v) is 6.61. The van der Waals surface area contributed by atoms with Crippen LogP contribution in [0.15, 0.2) is 77.8 Å². The highest BCUT2D eigenvalue weighted by Crippen LogP contribution is 2.44. The summed E-state index contributed by atoms with van der Waals surface area (Å²) in [5.41, 5.74) is 4.42. The maximum Gasteiger partial charge on any atom is 0.261 e. The van der Waals surface area contributed by atoms with Gasteiger partial charge in [-0.05, 0) is 29.8 Å². The molecule has 2 aliphatic heterocycles. The quantitative estimate of drug-likeness (QED) is 0.613. The first kappa shape index (κ1) is 14.4. The Labute approximate surface area is 150 Å². The van der Waals surface area contributed by atoms with Crippen LogP contribution in [0.3, 0.4) is 0 Å². The molecule has 2 aliphatic rings. The molecule has 1 unspecified atom stereocenters. The molecule has 4 heteroatoms. The van der Waals surface area contributed by atoms with Gasteiger partial charge in [0, 0.05) is 16.1 Å². The average Bonchev–Trinajstić information content (AvgIpc) is 2.93. The van der Waals surface area contributed by atoms with E-state index in [1.165, 1.54) is 0 Å². The van der Waals surface area contributed by atoms with Crippen molar-refractivity contribution in [1.82, 2.24) is 4.90 Å². The molecule has 5 rings (SSSR count). The van der Waals surface area contributed by atoms with Crippen LogP contribution in [0.1, 0.15) is 33.1 Å².